The molecule has 2 amide bonds. The topological polar surface area (TPSA) is 45.6 Å². The number of carbonyl (C=O) groups is 2. The molecule has 2 aliphatic rings. The van der Waals surface area contributed by atoms with Crippen molar-refractivity contribution in [2.45, 2.75) is 32.4 Å². The van der Waals surface area contributed by atoms with Gasteiger partial charge in [0.1, 0.15) is 0 Å². The van der Waals surface area contributed by atoms with Gasteiger partial charge in [-0.2, -0.15) is 0 Å². The molecule has 2 aromatic carbocycles. The summed E-state index contributed by atoms with van der Waals surface area (Å²) < 4.78 is 2.23. The molecule has 152 valence electrons. The van der Waals surface area contributed by atoms with Gasteiger partial charge in [0.2, 0.25) is 5.91 Å². The highest BCUT2D eigenvalue weighted by molar-refractivity contribution is 5.98. The first-order valence-corrected chi connectivity index (χ1v) is 10.6. The lowest BCUT2D eigenvalue weighted by atomic mass is 9.98. The second kappa shape index (κ2) is 7.48. The van der Waals surface area contributed by atoms with Crippen LogP contribution in [0.2, 0.25) is 0 Å². The summed E-state index contributed by atoms with van der Waals surface area (Å²) in [5, 5.41) is 0. The highest BCUT2D eigenvalue weighted by Crippen LogP contribution is 2.35. The van der Waals surface area contributed by atoms with E-state index in [-0.39, 0.29) is 17.9 Å². The van der Waals surface area contributed by atoms with Gasteiger partial charge in [-0.1, -0.05) is 37.3 Å². The summed E-state index contributed by atoms with van der Waals surface area (Å²) in [5.74, 6) is 0.174. The van der Waals surface area contributed by atoms with Crippen LogP contribution in [0.1, 0.15) is 46.6 Å². The molecule has 0 N–H and O–H groups in total. The maximum Gasteiger partial charge on any atom is 0.254 e. The molecule has 0 bridgehead atoms. The standard InChI is InChI=1S/C25H25N3O2/c1-2-23(29)27-14-12-19-17-20(10-11-21(19)27)25(30)28-16-15-26-13-6-9-22(26)24(28)18-7-4-3-5-8-18/h3-11,13,17,24H,2,12,14-16H2,1H3. The lowest BCUT2D eigenvalue weighted by Crippen LogP contribution is -2.42. The first kappa shape index (κ1) is 18.7. The van der Waals surface area contributed by atoms with Gasteiger partial charge in [-0.25, -0.2) is 0 Å². The van der Waals surface area contributed by atoms with E-state index < -0.39 is 0 Å². The third kappa shape index (κ3) is 3.02. The third-order valence-corrected chi connectivity index (χ3v) is 6.24. The van der Waals surface area contributed by atoms with Crippen LogP contribution in [0.5, 0.6) is 0 Å². The number of nitrogens with zero attached hydrogens (tertiary/aromatic N) is 3. The monoisotopic (exact) mass is 399 g/mol. The Kier molecular flexibility index (Phi) is 4.66. The van der Waals surface area contributed by atoms with Crippen molar-refractivity contribution in [1.82, 2.24) is 9.47 Å². The van der Waals surface area contributed by atoms with Crippen LogP contribution in [0.15, 0.2) is 66.9 Å². The van der Waals surface area contributed by atoms with Crippen LogP contribution in [0.3, 0.4) is 0 Å². The zero-order chi connectivity index (χ0) is 20.7. The van der Waals surface area contributed by atoms with Crippen molar-refractivity contribution in [1.29, 1.82) is 0 Å². The van der Waals surface area contributed by atoms with Crippen molar-refractivity contribution in [3.05, 3.63) is 89.2 Å². The Morgan fingerprint density at radius 3 is 2.60 bits per heavy atom. The van der Waals surface area contributed by atoms with Gasteiger partial charge in [-0.15, -0.1) is 0 Å². The van der Waals surface area contributed by atoms with E-state index in [4.69, 9.17) is 0 Å². The van der Waals surface area contributed by atoms with Gasteiger partial charge in [0, 0.05) is 49.2 Å². The lowest BCUT2D eigenvalue weighted by molar-refractivity contribution is -0.118. The number of hydrogen-bond donors (Lipinski definition) is 0. The van der Waals surface area contributed by atoms with Crippen LogP contribution >= 0.6 is 0 Å². The Morgan fingerprint density at radius 2 is 1.80 bits per heavy atom. The predicted octanol–water partition coefficient (Wildman–Crippen LogP) is 4.03. The smallest absolute Gasteiger partial charge is 0.254 e. The summed E-state index contributed by atoms with van der Waals surface area (Å²) in [6.07, 6.45) is 3.38. The van der Waals surface area contributed by atoms with Gasteiger partial charge in [0.05, 0.1) is 6.04 Å². The quantitative estimate of drug-likeness (QED) is 0.667. The van der Waals surface area contributed by atoms with Crippen molar-refractivity contribution in [3.63, 3.8) is 0 Å². The SMILES string of the molecule is CCC(=O)N1CCc2cc(C(=O)N3CCn4cccc4C3c3ccccc3)ccc21. The Morgan fingerprint density at radius 1 is 0.967 bits per heavy atom. The summed E-state index contributed by atoms with van der Waals surface area (Å²) in [4.78, 5) is 29.6. The van der Waals surface area contributed by atoms with Crippen LogP contribution in [0.25, 0.3) is 0 Å². The van der Waals surface area contributed by atoms with Crippen molar-refractivity contribution < 1.29 is 9.59 Å². The molecule has 5 nitrogen and oxygen atoms in total. The number of anilines is 1. The molecule has 0 saturated heterocycles. The molecule has 3 aromatic rings. The van der Waals surface area contributed by atoms with Gasteiger partial charge in [-0.3, -0.25) is 9.59 Å². The molecule has 1 unspecified atom stereocenters. The van der Waals surface area contributed by atoms with E-state index >= 15 is 0 Å². The molecule has 1 atom stereocenters. The second-order valence-corrected chi connectivity index (χ2v) is 7.93. The minimum Gasteiger partial charge on any atom is -0.348 e. The van der Waals surface area contributed by atoms with Crippen LogP contribution in [-0.2, 0) is 17.8 Å². The Hall–Kier alpha value is -3.34. The van der Waals surface area contributed by atoms with Gasteiger partial charge < -0.3 is 14.4 Å². The third-order valence-electron chi connectivity index (χ3n) is 6.24. The molecule has 5 heteroatoms. The van der Waals surface area contributed by atoms with Gasteiger partial charge in [0.15, 0.2) is 0 Å². The van der Waals surface area contributed by atoms with Gasteiger partial charge in [0.25, 0.3) is 5.91 Å². The molecule has 30 heavy (non-hydrogen) atoms. The molecule has 0 spiro atoms. The number of hydrogen-bond acceptors (Lipinski definition) is 2. The Labute approximate surface area is 176 Å². The van der Waals surface area contributed by atoms with Crippen molar-refractivity contribution in [2.75, 3.05) is 18.0 Å². The number of aromatic nitrogens is 1. The second-order valence-electron chi connectivity index (χ2n) is 7.93. The molecule has 2 aliphatic heterocycles. The molecule has 0 saturated carbocycles. The summed E-state index contributed by atoms with van der Waals surface area (Å²) >= 11 is 0. The van der Waals surface area contributed by atoms with E-state index in [0.29, 0.717) is 25.1 Å². The summed E-state index contributed by atoms with van der Waals surface area (Å²) in [7, 11) is 0. The number of fused-ring (bicyclic) bond motifs is 2. The van der Waals surface area contributed by atoms with Crippen LogP contribution in [0, 0.1) is 0 Å². The largest absolute Gasteiger partial charge is 0.348 e. The van der Waals surface area contributed by atoms with Gasteiger partial charge >= 0.3 is 0 Å². The molecule has 0 aliphatic carbocycles. The zero-order valence-electron chi connectivity index (χ0n) is 17.1. The molecule has 1 aromatic heterocycles. The van der Waals surface area contributed by atoms with Crippen molar-refractivity contribution >= 4 is 17.5 Å². The highest BCUT2D eigenvalue weighted by atomic mass is 16.2. The average Bonchev–Trinajstić information content (AvgIpc) is 3.44. The summed E-state index contributed by atoms with van der Waals surface area (Å²) in [6.45, 7) is 4.04. The van der Waals surface area contributed by atoms with Crippen LogP contribution in [-0.4, -0.2) is 34.4 Å². The maximum atomic E-state index is 13.6. The minimum absolute atomic E-state index is 0.0411. The van der Waals surface area contributed by atoms with E-state index in [2.05, 4.69) is 29.0 Å². The average molecular weight is 399 g/mol. The Bertz CT molecular complexity index is 1100. The van der Waals surface area contributed by atoms with E-state index in [9.17, 15) is 9.59 Å². The van der Waals surface area contributed by atoms with Gasteiger partial charge in [-0.05, 0) is 47.9 Å². The number of carbonyl (C=O) groups excluding carboxylic acids is 2. The molecule has 3 heterocycles. The first-order chi connectivity index (χ1) is 14.7. The van der Waals surface area contributed by atoms with Crippen LogP contribution in [0.4, 0.5) is 5.69 Å². The molecule has 0 radical (unpaired) electrons. The van der Waals surface area contributed by atoms with E-state index in [0.717, 1.165) is 35.5 Å². The Balaban J connectivity index is 1.49. The fraction of sp³-hybridized carbons (Fsp3) is 0.280. The lowest BCUT2D eigenvalue weighted by Gasteiger charge is -2.37. The van der Waals surface area contributed by atoms with E-state index in [1.54, 1.807) is 0 Å². The maximum absolute atomic E-state index is 13.6. The number of benzene rings is 2. The molecular formula is C25H25N3O2. The fourth-order valence-corrected chi connectivity index (χ4v) is 4.74. The fourth-order valence-electron chi connectivity index (χ4n) is 4.74. The van der Waals surface area contributed by atoms with E-state index in [1.807, 2.05) is 59.2 Å². The van der Waals surface area contributed by atoms with Crippen LogP contribution < -0.4 is 4.90 Å². The molecule has 5 rings (SSSR count). The zero-order valence-corrected chi connectivity index (χ0v) is 17.1. The number of rotatable bonds is 3. The summed E-state index contributed by atoms with van der Waals surface area (Å²) in [5.41, 5.74) is 4.98. The van der Waals surface area contributed by atoms with Crippen molar-refractivity contribution in [3.8, 4) is 0 Å². The number of amides is 2. The molecule has 0 fully saturated rings. The van der Waals surface area contributed by atoms with Crippen molar-refractivity contribution in [2.24, 2.45) is 0 Å². The minimum atomic E-state index is -0.103. The molecular weight excluding hydrogens is 374 g/mol. The first-order valence-electron chi connectivity index (χ1n) is 10.6. The summed E-state index contributed by atoms with van der Waals surface area (Å²) in [6, 6.07) is 20.1. The normalized spacial score (nSPS) is 17.6. The van der Waals surface area contributed by atoms with E-state index in [1.165, 1.54) is 0 Å². The highest BCUT2D eigenvalue weighted by Gasteiger charge is 2.33. The predicted molar refractivity (Wildman–Crippen MR) is 117 cm³/mol.